The Morgan fingerprint density at radius 3 is 0.868 bits per heavy atom. The number of hydrogen-bond donors (Lipinski definition) is 12. The minimum atomic E-state index is -2.53. The summed E-state index contributed by atoms with van der Waals surface area (Å²) in [6, 6.07) is 149. The van der Waals surface area contributed by atoms with Gasteiger partial charge in [0.1, 0.15) is 24.2 Å². The van der Waals surface area contributed by atoms with Crippen LogP contribution >= 0.6 is 0 Å². The van der Waals surface area contributed by atoms with Gasteiger partial charge in [0.05, 0.1) is 10.8 Å². The van der Waals surface area contributed by atoms with E-state index in [4.69, 9.17) is 0 Å². The normalized spacial score (nSPS) is 14.4. The van der Waals surface area contributed by atoms with Gasteiger partial charge in [-0.3, -0.25) is 0 Å². The summed E-state index contributed by atoms with van der Waals surface area (Å²) in [6.07, 6.45) is 0. The molecule has 12 nitrogen and oxygen atoms in total. The summed E-state index contributed by atoms with van der Waals surface area (Å²) in [5.74, 6) is 0. The van der Waals surface area contributed by atoms with E-state index in [1.807, 2.05) is 103 Å². The first-order valence-corrected chi connectivity index (χ1v) is 59.8. The first kappa shape index (κ1) is 95.1. The molecule has 0 unspecified atom stereocenters. The molecule has 12 N–H and O–H groups in total. The van der Waals surface area contributed by atoms with Crippen molar-refractivity contribution >= 4 is 170 Å². The fraction of sp³-hybridized carbons (Fsp3) is 0.0820. The average molecular weight is 1940 g/mol. The Morgan fingerprint density at radius 1 is 0.194 bits per heavy atom. The Kier molecular flexibility index (Phi) is 24.7. The summed E-state index contributed by atoms with van der Waals surface area (Å²) in [6.45, 7) is 13.9. The van der Waals surface area contributed by atoms with Crippen molar-refractivity contribution in [2.45, 2.75) is 63.0 Å². The van der Waals surface area contributed by atoms with Gasteiger partial charge < -0.3 is 60.3 Å². The number of benzene rings is 19. The predicted molar refractivity (Wildman–Crippen MR) is 606 cm³/mol. The Balaban J connectivity index is 0.000000100. The molecule has 27 rings (SSSR count). The van der Waals surface area contributed by atoms with Gasteiger partial charge in [-0.1, -0.05) is 477 Å². The predicted octanol–water partition coefficient (Wildman–Crippen LogP) is 10.6. The first-order valence-electron chi connectivity index (χ1n) is 49.4. The second-order valence-corrected chi connectivity index (χ2v) is 56.8. The van der Waals surface area contributed by atoms with Crippen LogP contribution in [0.4, 0.5) is 0 Å². The van der Waals surface area contributed by atoms with Crippen molar-refractivity contribution < 1.29 is 60.3 Å². The largest absolute Gasteiger partial charge is 0.488 e. The lowest BCUT2D eigenvalue weighted by Gasteiger charge is -2.31. The Labute approximate surface area is 845 Å². The zero-order valence-electron chi connectivity index (χ0n) is 80.7. The average Bonchev–Trinajstić information content (AvgIpc) is 1.53. The van der Waals surface area contributed by atoms with Gasteiger partial charge in [0.15, 0.2) is 8.07 Å². The lowest BCUT2D eigenvalue weighted by molar-refractivity contribution is 0.424. The number of rotatable bonds is 10. The molecule has 19 aromatic carbocycles. The summed E-state index contributed by atoms with van der Waals surface area (Å²) < 4.78 is 0. The van der Waals surface area contributed by atoms with Crippen molar-refractivity contribution in [2.75, 3.05) is 0 Å². The van der Waals surface area contributed by atoms with Gasteiger partial charge >= 0.3 is 42.7 Å². The van der Waals surface area contributed by atoms with Crippen LogP contribution in [0.25, 0.3) is 99.8 Å². The van der Waals surface area contributed by atoms with E-state index in [0.29, 0.717) is 32.8 Å². The molecule has 0 radical (unpaired) electrons. The molecular weight excluding hydrogens is 1830 g/mol. The van der Waals surface area contributed by atoms with Crippen molar-refractivity contribution in [3.8, 4) is 89.0 Å². The third-order valence-corrected chi connectivity index (χ3v) is 49.4. The van der Waals surface area contributed by atoms with E-state index in [1.54, 1.807) is 0 Å². The molecule has 698 valence electrons. The van der Waals surface area contributed by atoms with Crippen LogP contribution in [0, 0.1) is 0 Å². The van der Waals surface area contributed by atoms with Crippen LogP contribution in [0.3, 0.4) is 0 Å². The highest BCUT2D eigenvalue weighted by molar-refractivity contribution is 7.22. The van der Waals surface area contributed by atoms with Crippen LogP contribution in [0.5, 0.6) is 0 Å². The van der Waals surface area contributed by atoms with Gasteiger partial charge in [0, 0.05) is 0 Å². The molecule has 4 aliphatic heterocycles. The van der Waals surface area contributed by atoms with E-state index < -0.39 is 80.4 Å². The second kappa shape index (κ2) is 37.4. The van der Waals surface area contributed by atoms with E-state index in [1.165, 1.54) is 192 Å². The minimum absolute atomic E-state index is 0.363. The fourth-order valence-corrected chi connectivity index (χ4v) is 41.4. The van der Waals surface area contributed by atoms with Crippen molar-refractivity contribution in [3.63, 3.8) is 0 Å². The van der Waals surface area contributed by atoms with E-state index >= 15 is 0 Å². The maximum atomic E-state index is 9.94. The Bertz CT molecular complexity index is 8040. The van der Waals surface area contributed by atoms with E-state index in [2.05, 4.69) is 362 Å². The van der Waals surface area contributed by atoms with E-state index in [9.17, 15) is 60.3 Å². The number of fused-ring (bicyclic) bond motifs is 34. The molecule has 19 aromatic rings. The van der Waals surface area contributed by atoms with Crippen LogP contribution in [0.1, 0.15) is 58.4 Å². The van der Waals surface area contributed by atoms with Gasteiger partial charge in [-0.25, -0.2) is 0 Å². The SMILES string of the molecule is CC[Si]1(CC)c2ccccc2-c2cc(B(O)O)ccc21.C[Si]1(C)c2ccccc2-c2cc(B(O)O)ccc21.C[Si]1(C)c2ccccc2-c2cc(B(O)O)ccc21.OB(O)c1ccc2c(c1)-c1c(ccc3ccccc13)C21c2ccccc2-c2ccccc21.OB(O)c1ccc2c(c1)-c1ccccc1C21c2ccccc2-c2ccccc21.OB(O)c1ccc2c(c1)[Si](c1ccccc1)(c1ccccc1)c1ccccc1-2. The van der Waals surface area contributed by atoms with Crippen molar-refractivity contribution in [1.82, 2.24) is 0 Å². The second-order valence-electron chi connectivity index (χ2n) is 39.7. The van der Waals surface area contributed by atoms with Crippen molar-refractivity contribution in [1.29, 1.82) is 0 Å². The lowest BCUT2D eigenvalue weighted by Crippen LogP contribution is -2.73. The summed E-state index contributed by atoms with van der Waals surface area (Å²) in [4.78, 5) is 0. The molecule has 8 aliphatic rings. The quantitative estimate of drug-likeness (QED) is 0.0573. The van der Waals surface area contributed by atoms with E-state index in [0.717, 1.165) is 16.7 Å². The maximum absolute atomic E-state index is 9.94. The van der Waals surface area contributed by atoms with Crippen LogP contribution in [0.2, 0.25) is 38.3 Å². The van der Waals surface area contributed by atoms with Crippen LogP contribution < -0.4 is 84.6 Å². The van der Waals surface area contributed by atoms with Crippen LogP contribution in [-0.4, -0.2) is 135 Å². The molecule has 0 saturated heterocycles. The standard InChI is InChI=1S/C29H19BO2.C25H17BO2.C24H19BO2Si.C16H19BO2Si.2C14H15BO2Si/c31-30(32)19-14-16-26-23(17-19)28-20-8-2-1-7-18(20)13-15-27(28)29(26)24-11-5-3-9-21(24)22-10-4-6-12-25(22)29;27-26(28)16-13-14-24-20(15-16)19-9-3-6-12-23(19)25(24)21-10-4-1-7-17(21)18-8-2-5-11-22(18)25;26-25(27)18-15-16-22-21-13-7-8-14-23(21)28(24(22)17-18,19-9-3-1-4-10-19)20-11-5-2-6-12-20;1-3-20(4-2)15-8-6-5-7-13(15)14-11-12(17(18)19)9-10-16(14)20;2*1-18(2)13-6-4-3-5-11(13)12-9-10(15(16)17)7-8-14(12)18/h1-17,31-32H;1-15,27-28H;1-17,26-27H;5-11,18-19H,3-4H2,1-2H3;2*3-9,16-17H,1-2H3. The van der Waals surface area contributed by atoms with Gasteiger partial charge in [0.2, 0.25) is 0 Å². The van der Waals surface area contributed by atoms with Gasteiger partial charge in [0.25, 0.3) is 0 Å². The highest BCUT2D eigenvalue weighted by Crippen LogP contribution is 2.65. The number of hydrogen-bond acceptors (Lipinski definition) is 12. The summed E-state index contributed by atoms with van der Waals surface area (Å²) >= 11 is 0. The summed E-state index contributed by atoms with van der Waals surface area (Å²) in [7, 11) is -16.0. The highest BCUT2D eigenvalue weighted by atomic mass is 28.3. The highest BCUT2D eigenvalue weighted by Gasteiger charge is 2.56. The molecular formula is C122H104B6O12Si4. The molecule has 0 amide bonds. The van der Waals surface area contributed by atoms with Crippen LogP contribution in [-0.2, 0) is 10.8 Å². The summed E-state index contributed by atoms with van der Waals surface area (Å²) in [5, 5.41) is 131. The van der Waals surface area contributed by atoms with Crippen molar-refractivity contribution in [2.24, 2.45) is 0 Å². The molecule has 0 saturated carbocycles. The fourth-order valence-electron chi connectivity index (χ4n) is 25.4. The third-order valence-electron chi connectivity index (χ3n) is 32.0. The van der Waals surface area contributed by atoms with E-state index in [-0.39, 0.29) is 5.41 Å². The molecule has 0 atom stereocenters. The molecule has 0 aromatic heterocycles. The molecule has 22 heteroatoms. The zero-order valence-corrected chi connectivity index (χ0v) is 84.7. The van der Waals surface area contributed by atoms with Gasteiger partial charge in [-0.05, 0) is 229 Å². The molecule has 144 heavy (non-hydrogen) atoms. The van der Waals surface area contributed by atoms with Crippen LogP contribution in [0.15, 0.2) is 425 Å². The third kappa shape index (κ3) is 14.9. The lowest BCUT2D eigenvalue weighted by atomic mass is 9.69. The van der Waals surface area contributed by atoms with Gasteiger partial charge in [-0.15, -0.1) is 0 Å². The molecule has 2 spiro atoms. The molecule has 0 bridgehead atoms. The monoisotopic (exact) mass is 1940 g/mol. The smallest absolute Gasteiger partial charge is 0.423 e. The topological polar surface area (TPSA) is 243 Å². The van der Waals surface area contributed by atoms with Crippen molar-refractivity contribution in [3.05, 3.63) is 469 Å². The summed E-state index contributed by atoms with van der Waals surface area (Å²) in [5.41, 5.74) is 31.9. The Morgan fingerprint density at radius 2 is 0.451 bits per heavy atom. The maximum Gasteiger partial charge on any atom is 0.488 e. The Hall–Kier alpha value is -13.8. The molecule has 0 fully saturated rings. The van der Waals surface area contributed by atoms with Gasteiger partial charge in [-0.2, -0.15) is 0 Å². The molecule has 4 heterocycles. The zero-order chi connectivity index (χ0) is 99.6. The minimum Gasteiger partial charge on any atom is -0.423 e. The first-order chi connectivity index (χ1) is 69.8. The molecule has 4 aliphatic carbocycles.